The molecule has 1 heterocycles. The standard InChI is InChI=1S/C12H20N2O.ClH/c1-14(8-6-13-7-8)12(15)11-9-4-2-3-5-10(9)11;/h8-11,13H,2-7H2,1H3;1H. The lowest BCUT2D eigenvalue weighted by atomic mass is 10.0. The highest BCUT2D eigenvalue weighted by atomic mass is 35.5. The smallest absolute Gasteiger partial charge is 0.226 e. The average molecular weight is 245 g/mol. The fourth-order valence-electron chi connectivity index (χ4n) is 3.32. The number of carbonyl (C=O) groups is 1. The summed E-state index contributed by atoms with van der Waals surface area (Å²) in [6, 6.07) is 0.472. The highest BCUT2D eigenvalue weighted by Gasteiger charge is 2.55. The second-order valence-corrected chi connectivity index (χ2v) is 5.40. The molecule has 0 radical (unpaired) electrons. The van der Waals surface area contributed by atoms with Gasteiger partial charge in [-0.2, -0.15) is 0 Å². The molecule has 3 rings (SSSR count). The molecule has 3 nitrogen and oxygen atoms in total. The number of fused-ring (bicyclic) bond motifs is 1. The molecule has 1 aliphatic heterocycles. The molecule has 0 aromatic rings. The van der Waals surface area contributed by atoms with Gasteiger partial charge < -0.3 is 10.2 Å². The van der Waals surface area contributed by atoms with Gasteiger partial charge in [0.15, 0.2) is 0 Å². The quantitative estimate of drug-likeness (QED) is 0.794. The second-order valence-electron chi connectivity index (χ2n) is 5.40. The molecule has 0 spiro atoms. The molecule has 2 atom stereocenters. The van der Waals surface area contributed by atoms with Gasteiger partial charge in [0.2, 0.25) is 5.91 Å². The minimum atomic E-state index is 0. The summed E-state index contributed by atoms with van der Waals surface area (Å²) >= 11 is 0. The molecule has 16 heavy (non-hydrogen) atoms. The Hall–Kier alpha value is -0.280. The second kappa shape index (κ2) is 4.53. The van der Waals surface area contributed by atoms with Gasteiger partial charge in [-0.3, -0.25) is 4.79 Å². The van der Waals surface area contributed by atoms with E-state index in [-0.39, 0.29) is 12.4 Å². The van der Waals surface area contributed by atoms with Gasteiger partial charge in [0, 0.05) is 26.1 Å². The van der Waals surface area contributed by atoms with Crippen LogP contribution in [-0.2, 0) is 4.79 Å². The van der Waals surface area contributed by atoms with Crippen LogP contribution >= 0.6 is 12.4 Å². The number of carbonyl (C=O) groups excluding carboxylic acids is 1. The van der Waals surface area contributed by atoms with Crippen molar-refractivity contribution in [1.29, 1.82) is 0 Å². The van der Waals surface area contributed by atoms with Crippen LogP contribution in [0.25, 0.3) is 0 Å². The third-order valence-corrected chi connectivity index (χ3v) is 4.60. The maximum atomic E-state index is 12.2. The van der Waals surface area contributed by atoms with E-state index in [1.165, 1.54) is 25.7 Å². The van der Waals surface area contributed by atoms with Crippen LogP contribution < -0.4 is 5.32 Å². The molecular formula is C12H21ClN2O. The first-order valence-corrected chi connectivity index (χ1v) is 6.26. The van der Waals surface area contributed by atoms with Crippen LogP contribution in [0.2, 0.25) is 0 Å². The molecule has 3 fully saturated rings. The van der Waals surface area contributed by atoms with E-state index >= 15 is 0 Å². The summed E-state index contributed by atoms with van der Waals surface area (Å²) < 4.78 is 0. The maximum Gasteiger partial charge on any atom is 0.226 e. The lowest BCUT2D eigenvalue weighted by molar-refractivity contribution is -0.134. The van der Waals surface area contributed by atoms with Crippen LogP contribution in [0.4, 0.5) is 0 Å². The molecule has 2 unspecified atom stereocenters. The number of nitrogens with one attached hydrogen (secondary N) is 1. The largest absolute Gasteiger partial charge is 0.340 e. The number of amides is 1. The van der Waals surface area contributed by atoms with Gasteiger partial charge in [-0.15, -0.1) is 12.4 Å². The number of hydrogen-bond acceptors (Lipinski definition) is 2. The Morgan fingerprint density at radius 1 is 1.19 bits per heavy atom. The van der Waals surface area contributed by atoms with Gasteiger partial charge in [0.1, 0.15) is 0 Å². The Morgan fingerprint density at radius 2 is 1.75 bits per heavy atom. The van der Waals surface area contributed by atoms with Crippen molar-refractivity contribution >= 4 is 18.3 Å². The fraction of sp³-hybridized carbons (Fsp3) is 0.917. The topological polar surface area (TPSA) is 32.3 Å². The molecule has 3 aliphatic rings. The summed E-state index contributed by atoms with van der Waals surface area (Å²) in [6.45, 7) is 1.98. The minimum absolute atomic E-state index is 0. The highest BCUT2D eigenvalue weighted by molar-refractivity contribution is 5.85. The van der Waals surface area contributed by atoms with Crippen molar-refractivity contribution in [2.75, 3.05) is 20.1 Å². The predicted octanol–water partition coefficient (Wildman–Crippen LogP) is 1.27. The molecule has 1 saturated heterocycles. The number of nitrogens with zero attached hydrogens (tertiary/aromatic N) is 1. The van der Waals surface area contributed by atoms with Crippen LogP contribution in [0.3, 0.4) is 0 Å². The third kappa shape index (κ3) is 1.84. The molecule has 2 saturated carbocycles. The Bertz CT molecular complexity index is 268. The van der Waals surface area contributed by atoms with E-state index in [1.807, 2.05) is 11.9 Å². The Kier molecular flexibility index (Phi) is 3.45. The summed E-state index contributed by atoms with van der Waals surface area (Å²) in [4.78, 5) is 14.2. The summed E-state index contributed by atoms with van der Waals surface area (Å²) in [5, 5.41) is 3.23. The van der Waals surface area contributed by atoms with Gasteiger partial charge in [0.05, 0.1) is 6.04 Å². The normalized spacial score (nSPS) is 36.7. The van der Waals surface area contributed by atoms with Gasteiger partial charge >= 0.3 is 0 Å². The van der Waals surface area contributed by atoms with Crippen molar-refractivity contribution < 1.29 is 4.79 Å². The maximum absolute atomic E-state index is 12.2. The van der Waals surface area contributed by atoms with Crippen LogP contribution in [0.15, 0.2) is 0 Å². The fourth-order valence-corrected chi connectivity index (χ4v) is 3.32. The molecule has 0 aromatic carbocycles. The first kappa shape index (κ1) is 12.2. The van der Waals surface area contributed by atoms with Crippen molar-refractivity contribution in [2.45, 2.75) is 31.7 Å². The molecule has 1 N–H and O–H groups in total. The lowest BCUT2D eigenvalue weighted by Crippen LogP contribution is -2.57. The van der Waals surface area contributed by atoms with E-state index in [0.717, 1.165) is 24.9 Å². The lowest BCUT2D eigenvalue weighted by Gasteiger charge is -2.35. The highest BCUT2D eigenvalue weighted by Crippen LogP contribution is 2.56. The van der Waals surface area contributed by atoms with E-state index in [4.69, 9.17) is 0 Å². The predicted molar refractivity (Wildman–Crippen MR) is 65.6 cm³/mol. The molecule has 0 bridgehead atoms. The van der Waals surface area contributed by atoms with Crippen molar-refractivity contribution in [3.63, 3.8) is 0 Å². The van der Waals surface area contributed by atoms with Crippen LogP contribution in [-0.4, -0.2) is 37.0 Å². The van der Waals surface area contributed by atoms with Crippen LogP contribution in [0.1, 0.15) is 25.7 Å². The summed E-state index contributed by atoms with van der Waals surface area (Å²) in [7, 11) is 1.98. The summed E-state index contributed by atoms with van der Waals surface area (Å²) in [5.74, 6) is 2.33. The SMILES string of the molecule is CN(C(=O)C1C2CCCCC21)C1CNC1.Cl. The zero-order valence-corrected chi connectivity index (χ0v) is 10.6. The number of likely N-dealkylation sites (N-methyl/N-ethyl adjacent to an activating group) is 1. The van der Waals surface area contributed by atoms with E-state index in [2.05, 4.69) is 5.32 Å². The van der Waals surface area contributed by atoms with Gasteiger partial charge in [-0.25, -0.2) is 0 Å². The van der Waals surface area contributed by atoms with E-state index in [0.29, 0.717) is 17.9 Å². The summed E-state index contributed by atoms with van der Waals surface area (Å²) in [6.07, 6.45) is 5.30. The third-order valence-electron chi connectivity index (χ3n) is 4.60. The number of halogens is 1. The molecule has 92 valence electrons. The average Bonchev–Trinajstić information content (AvgIpc) is 2.87. The molecule has 2 aliphatic carbocycles. The van der Waals surface area contributed by atoms with Crippen LogP contribution in [0.5, 0.6) is 0 Å². The molecule has 4 heteroatoms. The van der Waals surface area contributed by atoms with Gasteiger partial charge in [-0.1, -0.05) is 12.8 Å². The Labute approximate surface area is 103 Å². The Morgan fingerprint density at radius 3 is 2.19 bits per heavy atom. The van der Waals surface area contributed by atoms with E-state index < -0.39 is 0 Å². The van der Waals surface area contributed by atoms with Gasteiger partial charge in [-0.05, 0) is 24.7 Å². The first-order chi connectivity index (χ1) is 7.29. The minimum Gasteiger partial charge on any atom is -0.340 e. The zero-order chi connectivity index (χ0) is 10.4. The molecule has 0 aromatic heterocycles. The van der Waals surface area contributed by atoms with Crippen molar-refractivity contribution in [1.82, 2.24) is 10.2 Å². The van der Waals surface area contributed by atoms with E-state index in [9.17, 15) is 4.79 Å². The van der Waals surface area contributed by atoms with Crippen molar-refractivity contribution in [3.8, 4) is 0 Å². The first-order valence-electron chi connectivity index (χ1n) is 6.26. The van der Waals surface area contributed by atoms with Crippen LogP contribution in [0, 0.1) is 17.8 Å². The van der Waals surface area contributed by atoms with Crippen molar-refractivity contribution in [2.24, 2.45) is 17.8 Å². The monoisotopic (exact) mass is 244 g/mol. The van der Waals surface area contributed by atoms with Gasteiger partial charge in [0.25, 0.3) is 0 Å². The summed E-state index contributed by atoms with van der Waals surface area (Å²) in [5.41, 5.74) is 0. The van der Waals surface area contributed by atoms with E-state index in [1.54, 1.807) is 0 Å². The Balaban J connectivity index is 0.000000963. The molecular weight excluding hydrogens is 224 g/mol. The number of hydrogen-bond donors (Lipinski definition) is 1. The van der Waals surface area contributed by atoms with Crippen molar-refractivity contribution in [3.05, 3.63) is 0 Å². The zero-order valence-electron chi connectivity index (χ0n) is 9.82. The molecule has 1 amide bonds. The number of rotatable bonds is 2.